The van der Waals surface area contributed by atoms with E-state index in [1.807, 2.05) is 21.0 Å². The Hall–Kier alpha value is -0.610. The zero-order chi connectivity index (χ0) is 13.1. The van der Waals surface area contributed by atoms with Gasteiger partial charge in [0.1, 0.15) is 0 Å². The number of ether oxygens (including phenoxy) is 1. The summed E-state index contributed by atoms with van der Waals surface area (Å²) in [5.74, 6) is -0.140. The summed E-state index contributed by atoms with van der Waals surface area (Å²) < 4.78 is 5.27. The highest BCUT2D eigenvalue weighted by molar-refractivity contribution is 5.71. The molecule has 0 rings (SSSR count). The molecule has 4 heteroatoms. The Bertz CT molecular complexity index is 196. The monoisotopic (exact) mass is 244 g/mol. The van der Waals surface area contributed by atoms with Gasteiger partial charge in [0.15, 0.2) is 0 Å². The van der Waals surface area contributed by atoms with Gasteiger partial charge in [-0.3, -0.25) is 4.79 Å². The van der Waals surface area contributed by atoms with E-state index in [1.54, 1.807) is 0 Å². The Balaban J connectivity index is 3.39. The average Bonchev–Trinajstić information content (AvgIpc) is 2.25. The van der Waals surface area contributed by atoms with Crippen molar-refractivity contribution in [1.29, 1.82) is 0 Å². The molecular weight excluding hydrogens is 216 g/mol. The summed E-state index contributed by atoms with van der Waals surface area (Å²) in [6, 6.07) is 0. The first-order chi connectivity index (χ1) is 8.06. The van der Waals surface area contributed by atoms with E-state index in [4.69, 9.17) is 4.74 Å². The smallest absolute Gasteiger partial charge is 0.320 e. The number of esters is 1. The molecule has 1 unspecified atom stereocenters. The van der Waals surface area contributed by atoms with Gasteiger partial charge in [0.05, 0.1) is 12.6 Å². The summed E-state index contributed by atoms with van der Waals surface area (Å²) in [7, 11) is 4.09. The van der Waals surface area contributed by atoms with Gasteiger partial charge in [-0.05, 0) is 47.0 Å². The molecule has 0 aromatic carbocycles. The van der Waals surface area contributed by atoms with E-state index in [0.717, 1.165) is 38.8 Å². The molecule has 0 radical (unpaired) electrons. The quantitative estimate of drug-likeness (QED) is 0.469. The molecule has 0 spiro atoms. The van der Waals surface area contributed by atoms with Crippen LogP contribution in [0.4, 0.5) is 0 Å². The lowest BCUT2D eigenvalue weighted by Gasteiger charge is -2.13. The predicted octanol–water partition coefficient (Wildman–Crippen LogP) is 1.65. The lowest BCUT2D eigenvalue weighted by molar-refractivity contribution is -0.147. The second kappa shape index (κ2) is 10.5. The van der Waals surface area contributed by atoms with Crippen molar-refractivity contribution < 1.29 is 9.53 Å². The Morgan fingerprint density at radius 1 is 1.35 bits per heavy atom. The Morgan fingerprint density at radius 2 is 2.06 bits per heavy atom. The minimum absolute atomic E-state index is 0.0472. The van der Waals surface area contributed by atoms with Gasteiger partial charge >= 0.3 is 5.97 Å². The number of rotatable bonds is 10. The van der Waals surface area contributed by atoms with Gasteiger partial charge in [0.25, 0.3) is 0 Å². The van der Waals surface area contributed by atoms with E-state index >= 15 is 0 Å². The first-order valence-corrected chi connectivity index (χ1v) is 6.61. The fourth-order valence-electron chi connectivity index (χ4n) is 1.53. The molecule has 0 aromatic rings. The van der Waals surface area contributed by atoms with Crippen molar-refractivity contribution >= 4 is 5.97 Å². The van der Waals surface area contributed by atoms with Crippen molar-refractivity contribution in [3.63, 3.8) is 0 Å². The highest BCUT2D eigenvalue weighted by Gasteiger charge is 2.08. The van der Waals surface area contributed by atoms with Crippen molar-refractivity contribution in [2.45, 2.75) is 45.6 Å². The van der Waals surface area contributed by atoms with Crippen molar-refractivity contribution in [1.82, 2.24) is 10.2 Å². The Morgan fingerprint density at radius 3 is 2.65 bits per heavy atom. The number of nitrogens with zero attached hydrogens (tertiary/aromatic N) is 1. The van der Waals surface area contributed by atoms with Crippen LogP contribution in [0.2, 0.25) is 0 Å². The molecule has 0 saturated heterocycles. The normalized spacial score (nSPS) is 12.8. The topological polar surface area (TPSA) is 41.6 Å². The molecule has 1 N–H and O–H groups in total. The lowest BCUT2D eigenvalue weighted by Crippen LogP contribution is -2.29. The van der Waals surface area contributed by atoms with Gasteiger partial charge < -0.3 is 15.0 Å². The van der Waals surface area contributed by atoms with E-state index in [-0.39, 0.29) is 12.1 Å². The summed E-state index contributed by atoms with van der Waals surface area (Å²) in [5.41, 5.74) is 0. The summed E-state index contributed by atoms with van der Waals surface area (Å²) in [5, 5.41) is 3.10. The average molecular weight is 244 g/mol. The number of hydrogen-bond donors (Lipinski definition) is 1. The standard InChI is InChI=1S/C13H28N2O2/c1-5-6-8-12(2)17-13(16)11-14-9-7-10-15(3)4/h12,14H,5-11H2,1-4H3. The molecule has 0 heterocycles. The van der Waals surface area contributed by atoms with Gasteiger partial charge in [-0.25, -0.2) is 0 Å². The summed E-state index contributed by atoms with van der Waals surface area (Å²) in [6.07, 6.45) is 4.32. The minimum Gasteiger partial charge on any atom is -0.462 e. The predicted molar refractivity (Wildman–Crippen MR) is 71.1 cm³/mol. The molecule has 0 amide bonds. The van der Waals surface area contributed by atoms with Crippen LogP contribution < -0.4 is 5.32 Å². The van der Waals surface area contributed by atoms with Gasteiger partial charge in [0, 0.05) is 0 Å². The third-order valence-electron chi connectivity index (χ3n) is 2.53. The summed E-state index contributed by atoms with van der Waals surface area (Å²) in [6.45, 7) is 6.32. The van der Waals surface area contributed by atoms with Crippen LogP contribution in [0.3, 0.4) is 0 Å². The number of carbonyl (C=O) groups is 1. The third kappa shape index (κ3) is 11.6. The Kier molecular flexibility index (Phi) is 10.2. The van der Waals surface area contributed by atoms with Gasteiger partial charge in [-0.15, -0.1) is 0 Å². The molecule has 102 valence electrons. The second-order valence-electron chi connectivity index (χ2n) is 4.78. The van der Waals surface area contributed by atoms with Crippen LogP contribution in [-0.4, -0.2) is 50.7 Å². The summed E-state index contributed by atoms with van der Waals surface area (Å²) >= 11 is 0. The van der Waals surface area contributed by atoms with E-state index in [2.05, 4.69) is 17.1 Å². The lowest BCUT2D eigenvalue weighted by atomic mass is 10.2. The minimum atomic E-state index is -0.140. The molecule has 4 nitrogen and oxygen atoms in total. The number of carbonyl (C=O) groups excluding carboxylic acids is 1. The van der Waals surface area contributed by atoms with Crippen molar-refractivity contribution in [2.75, 3.05) is 33.7 Å². The second-order valence-corrected chi connectivity index (χ2v) is 4.78. The van der Waals surface area contributed by atoms with Gasteiger partial charge in [-0.2, -0.15) is 0 Å². The third-order valence-corrected chi connectivity index (χ3v) is 2.53. The van der Waals surface area contributed by atoms with Crippen LogP contribution in [-0.2, 0) is 9.53 Å². The van der Waals surface area contributed by atoms with Crippen LogP contribution in [0.5, 0.6) is 0 Å². The van der Waals surface area contributed by atoms with Crippen LogP contribution in [0, 0.1) is 0 Å². The highest BCUT2D eigenvalue weighted by atomic mass is 16.5. The van der Waals surface area contributed by atoms with E-state index in [1.165, 1.54) is 0 Å². The largest absolute Gasteiger partial charge is 0.462 e. The maximum absolute atomic E-state index is 11.4. The molecule has 1 atom stereocenters. The first kappa shape index (κ1) is 16.4. The Labute approximate surface area is 106 Å². The molecular formula is C13H28N2O2. The van der Waals surface area contributed by atoms with Crippen LogP contribution in [0.1, 0.15) is 39.5 Å². The van der Waals surface area contributed by atoms with E-state index < -0.39 is 0 Å². The van der Waals surface area contributed by atoms with Crippen molar-refractivity contribution in [3.8, 4) is 0 Å². The SMILES string of the molecule is CCCCC(C)OC(=O)CNCCCN(C)C. The maximum Gasteiger partial charge on any atom is 0.320 e. The van der Waals surface area contributed by atoms with Gasteiger partial charge in [0.2, 0.25) is 0 Å². The maximum atomic E-state index is 11.4. The number of unbranched alkanes of at least 4 members (excludes halogenated alkanes) is 1. The van der Waals surface area contributed by atoms with E-state index in [9.17, 15) is 4.79 Å². The molecule has 0 fully saturated rings. The molecule has 0 aliphatic rings. The fourth-order valence-corrected chi connectivity index (χ4v) is 1.53. The highest BCUT2D eigenvalue weighted by Crippen LogP contribution is 2.03. The van der Waals surface area contributed by atoms with Crippen molar-refractivity contribution in [2.24, 2.45) is 0 Å². The zero-order valence-corrected chi connectivity index (χ0v) is 11.8. The molecule has 17 heavy (non-hydrogen) atoms. The zero-order valence-electron chi connectivity index (χ0n) is 11.8. The van der Waals surface area contributed by atoms with E-state index in [0.29, 0.717) is 6.54 Å². The molecule has 0 aliphatic heterocycles. The number of nitrogens with one attached hydrogen (secondary N) is 1. The number of hydrogen-bond acceptors (Lipinski definition) is 4. The molecule has 0 bridgehead atoms. The first-order valence-electron chi connectivity index (χ1n) is 6.61. The van der Waals surface area contributed by atoms with Crippen LogP contribution in [0.25, 0.3) is 0 Å². The molecule has 0 saturated carbocycles. The molecule has 0 aromatic heterocycles. The van der Waals surface area contributed by atoms with Crippen LogP contribution >= 0.6 is 0 Å². The van der Waals surface area contributed by atoms with Crippen molar-refractivity contribution in [3.05, 3.63) is 0 Å². The van der Waals surface area contributed by atoms with Crippen LogP contribution in [0.15, 0.2) is 0 Å². The summed E-state index contributed by atoms with van der Waals surface area (Å²) in [4.78, 5) is 13.6. The molecule has 0 aliphatic carbocycles. The van der Waals surface area contributed by atoms with Gasteiger partial charge in [-0.1, -0.05) is 19.8 Å². The fraction of sp³-hybridized carbons (Fsp3) is 0.923.